The van der Waals surface area contributed by atoms with Crippen LogP contribution in [0.5, 0.6) is 11.5 Å². The lowest BCUT2D eigenvalue weighted by Crippen LogP contribution is -2.43. The molecule has 4 rings (SSSR count). The second-order valence-electron chi connectivity index (χ2n) is 6.47. The monoisotopic (exact) mass is 365 g/mol. The number of amides is 1. The van der Waals surface area contributed by atoms with Gasteiger partial charge in [0, 0.05) is 12.4 Å². The van der Waals surface area contributed by atoms with Crippen molar-refractivity contribution in [2.75, 3.05) is 20.2 Å². The Hall–Kier alpha value is -3.35. The van der Waals surface area contributed by atoms with Crippen LogP contribution in [-0.4, -0.2) is 46.9 Å². The first-order valence-corrected chi connectivity index (χ1v) is 8.69. The summed E-state index contributed by atoms with van der Waals surface area (Å²) < 4.78 is 12.7. The van der Waals surface area contributed by atoms with E-state index in [0.717, 1.165) is 5.39 Å². The molecule has 7 heteroatoms. The molecule has 1 aliphatic rings. The highest BCUT2D eigenvalue weighted by molar-refractivity contribution is 5.81. The Morgan fingerprint density at radius 1 is 1.19 bits per heavy atom. The zero-order valence-corrected chi connectivity index (χ0v) is 14.9. The predicted octanol–water partition coefficient (Wildman–Crippen LogP) is 1.69. The van der Waals surface area contributed by atoms with Gasteiger partial charge in [0.15, 0.2) is 17.6 Å². The van der Waals surface area contributed by atoms with E-state index in [1.165, 1.54) is 9.58 Å². The maximum atomic E-state index is 12.5. The van der Waals surface area contributed by atoms with Crippen LogP contribution in [0.4, 0.5) is 0 Å². The summed E-state index contributed by atoms with van der Waals surface area (Å²) >= 11 is 0. The number of hydrogen-bond donors (Lipinski definition) is 0. The highest BCUT2D eigenvalue weighted by Crippen LogP contribution is 2.30. The summed E-state index contributed by atoms with van der Waals surface area (Å²) in [5.41, 5.74) is -0.277. The van der Waals surface area contributed by atoms with Crippen LogP contribution in [0.15, 0.2) is 59.5 Å². The van der Waals surface area contributed by atoms with Crippen molar-refractivity contribution in [1.29, 1.82) is 0 Å². The summed E-state index contributed by atoms with van der Waals surface area (Å²) in [6, 6.07) is 14.6. The summed E-state index contributed by atoms with van der Waals surface area (Å²) in [5, 5.41) is 5.41. The molecule has 0 fully saturated rings. The number of likely N-dealkylation sites (N-methyl/N-ethyl adjacent to an activating group) is 1. The van der Waals surface area contributed by atoms with Crippen LogP contribution in [0.3, 0.4) is 0 Å². The van der Waals surface area contributed by atoms with Gasteiger partial charge in [-0.3, -0.25) is 9.59 Å². The molecule has 1 unspecified atom stereocenters. The van der Waals surface area contributed by atoms with Gasteiger partial charge in [-0.25, -0.2) is 4.68 Å². The van der Waals surface area contributed by atoms with Crippen LogP contribution >= 0.6 is 0 Å². The number of para-hydroxylation sites is 2. The normalized spacial score (nSPS) is 15.5. The minimum absolute atomic E-state index is 0.121. The average molecular weight is 365 g/mol. The fourth-order valence-electron chi connectivity index (χ4n) is 3.05. The van der Waals surface area contributed by atoms with Gasteiger partial charge in [0.05, 0.1) is 18.1 Å². The van der Waals surface area contributed by atoms with E-state index in [4.69, 9.17) is 9.47 Å². The van der Waals surface area contributed by atoms with Crippen LogP contribution in [-0.2, 0) is 11.3 Å². The molecule has 0 N–H and O–H groups in total. The van der Waals surface area contributed by atoms with Crippen molar-refractivity contribution in [3.05, 3.63) is 65.1 Å². The molecular formula is C20H19N3O4. The zero-order valence-electron chi connectivity index (χ0n) is 14.9. The van der Waals surface area contributed by atoms with Gasteiger partial charge in [-0.1, -0.05) is 30.3 Å². The molecule has 1 atom stereocenters. The fraction of sp³-hybridized carbons (Fsp3) is 0.250. The first kappa shape index (κ1) is 17.1. The Labute approximate surface area is 155 Å². The zero-order chi connectivity index (χ0) is 18.8. The number of ether oxygens (including phenoxy) is 2. The molecule has 1 aliphatic heterocycles. The van der Waals surface area contributed by atoms with Crippen LogP contribution in [0, 0.1) is 0 Å². The first-order valence-electron chi connectivity index (χ1n) is 8.69. The topological polar surface area (TPSA) is 73.7 Å². The lowest BCUT2D eigenvalue weighted by Gasteiger charge is -2.29. The molecule has 7 nitrogen and oxygen atoms in total. The molecule has 0 spiro atoms. The lowest BCUT2D eigenvalue weighted by molar-refractivity contribution is -0.132. The van der Waals surface area contributed by atoms with E-state index in [2.05, 4.69) is 5.10 Å². The van der Waals surface area contributed by atoms with Crippen molar-refractivity contribution in [2.24, 2.45) is 0 Å². The van der Waals surface area contributed by atoms with Gasteiger partial charge < -0.3 is 14.4 Å². The van der Waals surface area contributed by atoms with Crippen LogP contribution < -0.4 is 15.0 Å². The molecule has 2 aromatic carbocycles. The number of hydrogen-bond acceptors (Lipinski definition) is 5. The molecule has 0 radical (unpaired) electrons. The number of aromatic nitrogens is 2. The smallest absolute Gasteiger partial charge is 0.275 e. The molecule has 3 aromatic rings. The van der Waals surface area contributed by atoms with Crippen LogP contribution in [0.1, 0.15) is 0 Å². The van der Waals surface area contributed by atoms with Crippen molar-refractivity contribution in [1.82, 2.24) is 14.7 Å². The van der Waals surface area contributed by atoms with Gasteiger partial charge >= 0.3 is 0 Å². The number of nitrogens with zero attached hydrogens (tertiary/aromatic N) is 3. The van der Waals surface area contributed by atoms with Crippen molar-refractivity contribution in [2.45, 2.75) is 12.6 Å². The fourth-order valence-corrected chi connectivity index (χ4v) is 3.05. The van der Waals surface area contributed by atoms with E-state index in [1.54, 1.807) is 25.4 Å². The van der Waals surface area contributed by atoms with E-state index in [9.17, 15) is 9.59 Å². The van der Waals surface area contributed by atoms with E-state index in [1.807, 2.05) is 36.4 Å². The first-order chi connectivity index (χ1) is 13.1. The standard InChI is InChI=1S/C20H19N3O4/c1-22(11-15-13-26-17-8-4-5-9-18(17)27-15)19(24)12-23-20(25)16-7-3-2-6-14(16)10-21-23/h2-10,15H,11-13H2,1H3. The van der Waals surface area contributed by atoms with Gasteiger partial charge in [0.2, 0.25) is 5.91 Å². The van der Waals surface area contributed by atoms with Gasteiger partial charge in [0.1, 0.15) is 13.2 Å². The van der Waals surface area contributed by atoms with Crippen molar-refractivity contribution < 1.29 is 14.3 Å². The molecule has 1 aromatic heterocycles. The number of rotatable bonds is 4. The number of carbonyl (C=O) groups is 1. The van der Waals surface area contributed by atoms with E-state index in [0.29, 0.717) is 30.0 Å². The molecular weight excluding hydrogens is 346 g/mol. The number of carbonyl (C=O) groups excluding carboxylic acids is 1. The predicted molar refractivity (Wildman–Crippen MR) is 100.0 cm³/mol. The molecule has 1 amide bonds. The highest BCUT2D eigenvalue weighted by atomic mass is 16.6. The maximum absolute atomic E-state index is 12.5. The van der Waals surface area contributed by atoms with E-state index in [-0.39, 0.29) is 24.1 Å². The van der Waals surface area contributed by atoms with Crippen molar-refractivity contribution in [3.8, 4) is 11.5 Å². The second-order valence-corrected chi connectivity index (χ2v) is 6.47. The Kier molecular flexibility index (Phi) is 4.50. The minimum atomic E-state index is -0.277. The van der Waals surface area contributed by atoms with Gasteiger partial charge in [-0.15, -0.1) is 0 Å². The Morgan fingerprint density at radius 2 is 1.93 bits per heavy atom. The highest BCUT2D eigenvalue weighted by Gasteiger charge is 2.24. The third-order valence-electron chi connectivity index (χ3n) is 4.52. The maximum Gasteiger partial charge on any atom is 0.275 e. The van der Waals surface area contributed by atoms with Crippen molar-refractivity contribution >= 4 is 16.7 Å². The van der Waals surface area contributed by atoms with Crippen LogP contribution in [0.25, 0.3) is 10.8 Å². The van der Waals surface area contributed by atoms with Gasteiger partial charge in [-0.2, -0.15) is 5.10 Å². The number of benzene rings is 2. The average Bonchev–Trinajstić information content (AvgIpc) is 2.70. The Bertz CT molecular complexity index is 1050. The summed E-state index contributed by atoms with van der Waals surface area (Å²) in [4.78, 5) is 26.6. The van der Waals surface area contributed by atoms with Gasteiger partial charge in [0.25, 0.3) is 5.56 Å². The SMILES string of the molecule is CN(CC1COc2ccccc2O1)C(=O)Cn1ncc2ccccc2c1=O. The lowest BCUT2D eigenvalue weighted by atomic mass is 10.2. The molecule has 0 saturated carbocycles. The van der Waals surface area contributed by atoms with Crippen molar-refractivity contribution in [3.63, 3.8) is 0 Å². The summed E-state index contributed by atoms with van der Waals surface area (Å²) in [7, 11) is 1.68. The summed E-state index contributed by atoms with van der Waals surface area (Å²) in [5.74, 6) is 1.15. The molecule has 2 heterocycles. The second kappa shape index (κ2) is 7.11. The van der Waals surface area contributed by atoms with Gasteiger partial charge in [-0.05, 0) is 18.2 Å². The Morgan fingerprint density at radius 3 is 2.78 bits per heavy atom. The van der Waals surface area contributed by atoms with E-state index >= 15 is 0 Å². The largest absolute Gasteiger partial charge is 0.486 e. The summed E-state index contributed by atoms with van der Waals surface area (Å²) in [6.45, 7) is 0.600. The minimum Gasteiger partial charge on any atom is -0.486 e. The van der Waals surface area contributed by atoms with Crippen LogP contribution in [0.2, 0.25) is 0 Å². The summed E-state index contributed by atoms with van der Waals surface area (Å²) in [6.07, 6.45) is 1.33. The molecule has 0 saturated heterocycles. The third kappa shape index (κ3) is 3.48. The number of fused-ring (bicyclic) bond motifs is 2. The molecule has 27 heavy (non-hydrogen) atoms. The molecule has 0 bridgehead atoms. The Balaban J connectivity index is 1.43. The third-order valence-corrected chi connectivity index (χ3v) is 4.52. The molecule has 138 valence electrons. The van der Waals surface area contributed by atoms with E-state index < -0.39 is 0 Å². The quantitative estimate of drug-likeness (QED) is 0.704. The molecule has 0 aliphatic carbocycles.